The van der Waals surface area contributed by atoms with E-state index >= 15 is 0 Å². The molecule has 0 aliphatic rings. The van der Waals surface area contributed by atoms with Gasteiger partial charge in [0.1, 0.15) is 10.0 Å². The molecule has 5 nitrogen and oxygen atoms in total. The fraction of sp³-hybridized carbons (Fsp3) is 0. The summed E-state index contributed by atoms with van der Waals surface area (Å²) >= 11 is 0. The van der Waals surface area contributed by atoms with Crippen LogP contribution in [0.1, 0.15) is 0 Å². The van der Waals surface area contributed by atoms with Crippen molar-refractivity contribution in [2.24, 2.45) is 0 Å². The van der Waals surface area contributed by atoms with Crippen LogP contribution in [0.25, 0.3) is 5.14 Å². The molecular weight excluding hydrogens is 351 g/mol. The van der Waals surface area contributed by atoms with Crippen LogP contribution >= 0.6 is 0 Å². The van der Waals surface area contributed by atoms with Gasteiger partial charge in [-0.15, -0.1) is 0 Å². The van der Waals surface area contributed by atoms with E-state index in [4.69, 9.17) is 16.0 Å². The molecule has 0 aliphatic carbocycles. The summed E-state index contributed by atoms with van der Waals surface area (Å²) in [7, 11) is -4.14. The van der Waals surface area contributed by atoms with E-state index in [2.05, 4.69) is 0 Å². The van der Waals surface area contributed by atoms with Gasteiger partial charge in [0.15, 0.2) is 5.75 Å². The summed E-state index contributed by atoms with van der Waals surface area (Å²) in [4.78, 5) is -0.470. The molecule has 1 aromatic carbocycles. The molecule has 0 fully saturated rings. The van der Waals surface area contributed by atoms with Crippen molar-refractivity contribution in [1.82, 2.24) is 0 Å². The molecule has 0 aliphatic heterocycles. The first-order valence-electron chi connectivity index (χ1n) is 3.00. The maximum Gasteiger partial charge on any atom is 1.00 e. The number of nitrogen functional groups attached to an aromatic ring is 1. The predicted octanol–water partition coefficient (Wildman–Crippen LogP) is -5.28. The second-order valence-corrected chi connectivity index (χ2v) is 3.64. The molecule has 0 aromatic heterocycles. The van der Waals surface area contributed by atoms with E-state index in [1.165, 1.54) is 12.1 Å². The minimum absolute atomic E-state index is 0. The van der Waals surface area contributed by atoms with E-state index in [0.717, 1.165) is 6.07 Å². The molecule has 1 rings (SSSR count). The van der Waals surface area contributed by atoms with Gasteiger partial charge in [-0.05, 0) is 12.1 Å². The minimum Gasteiger partial charge on any atom is -0.560 e. The van der Waals surface area contributed by atoms with E-state index < -0.39 is 20.7 Å². The zero-order valence-corrected chi connectivity index (χ0v) is 18.6. The number of hydrogen-bond donors (Lipinski definition) is 2. The zero-order chi connectivity index (χ0) is 9.35. The third-order valence-electron chi connectivity index (χ3n) is 1.32. The largest absolute Gasteiger partial charge is 1.00 e. The van der Waals surface area contributed by atoms with Crippen molar-refractivity contribution >= 4 is 15.7 Å². The van der Waals surface area contributed by atoms with Gasteiger partial charge in [-0.3, -0.25) is 0 Å². The Kier molecular flexibility index (Phi) is 10.2. The summed E-state index contributed by atoms with van der Waals surface area (Å²) in [6, 6.07) is 3.83. The summed E-state index contributed by atoms with van der Waals surface area (Å²) in [5, 5.41) is 15.8. The smallest absolute Gasteiger partial charge is 0.560 e. The van der Waals surface area contributed by atoms with Crippen LogP contribution in [0.15, 0.2) is 23.1 Å². The summed E-state index contributed by atoms with van der Waals surface area (Å²) in [6.45, 7) is 0. The number of aromatic hydroxyl groups is 1. The van der Waals surface area contributed by atoms with E-state index in [-0.39, 0.29) is 122 Å². The maximum absolute atomic E-state index is 10.7. The Balaban J connectivity index is 0. The van der Waals surface area contributed by atoms with Crippen LogP contribution in [-0.4, -0.2) is 13.5 Å². The van der Waals surface area contributed by atoms with Crippen LogP contribution in [0.2, 0.25) is 0 Å². The van der Waals surface area contributed by atoms with Crippen molar-refractivity contribution < 1.29 is 130 Å². The van der Waals surface area contributed by atoms with Crippen molar-refractivity contribution in [3.8, 4) is 5.75 Å². The number of benzene rings is 1. The number of phenolic OH excluding ortho intramolecular Hbond substituents is 1. The fourth-order valence-electron chi connectivity index (χ4n) is 0.756. The van der Waals surface area contributed by atoms with Crippen molar-refractivity contribution in [2.75, 3.05) is 5.73 Å². The number of hydrogen-bond acceptors (Lipinski definition) is 4. The van der Waals surface area contributed by atoms with Crippen LogP contribution < -0.4 is 122 Å². The van der Waals surface area contributed by atoms with Crippen LogP contribution in [0.3, 0.4) is 0 Å². The Morgan fingerprint density at radius 2 is 1.79 bits per heavy atom. The molecule has 0 heterocycles. The van der Waals surface area contributed by atoms with Gasteiger partial charge in [0.05, 0.1) is 10.6 Å². The van der Waals surface area contributed by atoms with Crippen LogP contribution in [0, 0.1) is 0 Å². The van der Waals surface area contributed by atoms with Crippen molar-refractivity contribution in [2.45, 2.75) is 4.90 Å². The molecule has 0 unspecified atom stereocenters. The molecule has 66 valence electrons. The Bertz CT molecular complexity index is 408. The van der Waals surface area contributed by atoms with Gasteiger partial charge in [0, 0.05) is 0 Å². The second kappa shape index (κ2) is 7.62. The van der Waals surface area contributed by atoms with Crippen molar-refractivity contribution in [3.63, 3.8) is 0 Å². The number of sulfonamides is 1. The predicted molar refractivity (Wildman–Crippen MR) is 44.0 cm³/mol. The van der Waals surface area contributed by atoms with Gasteiger partial charge >= 0.3 is 116 Å². The fourth-order valence-corrected chi connectivity index (χ4v) is 1.39. The minimum atomic E-state index is -4.14. The summed E-state index contributed by atoms with van der Waals surface area (Å²) < 4.78 is 21.3. The SMILES string of the molecule is [NH-]S(=O)(=O)c1cccc(N)c1O.[Rb+].[Rb+]. The second-order valence-electron chi connectivity index (χ2n) is 2.20. The molecule has 0 radical (unpaired) electrons. The molecule has 1 aromatic rings. The third kappa shape index (κ3) is 5.11. The summed E-state index contributed by atoms with van der Waals surface area (Å²) in [5.74, 6) is -0.562. The van der Waals surface area contributed by atoms with E-state index in [0.29, 0.717) is 0 Å². The topological polar surface area (TPSA) is 104 Å². The Hall–Kier alpha value is 2.34. The van der Waals surface area contributed by atoms with Crippen LogP contribution in [0.5, 0.6) is 5.75 Å². The van der Waals surface area contributed by atoms with Crippen LogP contribution in [0.4, 0.5) is 5.69 Å². The first-order chi connectivity index (χ1) is 5.43. The molecule has 0 bridgehead atoms. The monoisotopic (exact) mass is 357 g/mol. The molecule has 8 heteroatoms. The molecule has 0 spiro atoms. The van der Waals surface area contributed by atoms with E-state index in [1.54, 1.807) is 0 Å². The zero-order valence-electron chi connectivity index (χ0n) is 7.98. The number of anilines is 1. The molecular formula is C6H7N2O3Rb2S+. The first-order valence-corrected chi connectivity index (χ1v) is 4.48. The van der Waals surface area contributed by atoms with E-state index in [9.17, 15) is 8.42 Å². The molecule has 0 atom stereocenters. The Labute approximate surface area is 180 Å². The average Bonchev–Trinajstić information content (AvgIpc) is 1.92. The first kappa shape index (κ1) is 18.7. The quantitative estimate of drug-likeness (QED) is 0.387. The average molecular weight is 358 g/mol. The number of para-hydroxylation sites is 1. The number of rotatable bonds is 1. The van der Waals surface area contributed by atoms with Crippen LogP contribution in [-0.2, 0) is 10.0 Å². The van der Waals surface area contributed by atoms with Gasteiger partial charge in [-0.1, -0.05) is 6.07 Å². The molecule has 0 amide bonds. The van der Waals surface area contributed by atoms with Gasteiger partial charge in [0.25, 0.3) is 0 Å². The Morgan fingerprint density at radius 3 is 2.14 bits per heavy atom. The van der Waals surface area contributed by atoms with Crippen molar-refractivity contribution in [1.29, 1.82) is 0 Å². The summed E-state index contributed by atoms with van der Waals surface area (Å²) in [6.07, 6.45) is 0. The van der Waals surface area contributed by atoms with E-state index in [1.807, 2.05) is 0 Å². The number of phenols is 1. The summed E-state index contributed by atoms with van der Waals surface area (Å²) in [5.41, 5.74) is 5.17. The van der Waals surface area contributed by atoms with Gasteiger partial charge in [0.2, 0.25) is 0 Å². The standard InChI is InChI=1S/C6H7N2O3S.2Rb/c7-4-2-1-3-5(6(4)9)12(8,10)11;;/h1-3H,7H2,(H2-,8,9,10,11);;/q-1;2*+1. The Morgan fingerprint density at radius 1 is 1.29 bits per heavy atom. The molecule has 0 saturated heterocycles. The number of nitrogens with two attached hydrogens (primary N) is 1. The van der Waals surface area contributed by atoms with Gasteiger partial charge < -0.3 is 16.0 Å². The maximum atomic E-state index is 10.7. The molecule has 0 saturated carbocycles. The van der Waals surface area contributed by atoms with Gasteiger partial charge in [-0.25, -0.2) is 8.42 Å². The van der Waals surface area contributed by atoms with Crippen molar-refractivity contribution in [3.05, 3.63) is 23.3 Å². The normalized spacial score (nSPS) is 9.79. The number of nitrogens with one attached hydrogen (secondary N) is 1. The molecule has 4 N–H and O–H groups in total. The molecule has 14 heavy (non-hydrogen) atoms. The van der Waals surface area contributed by atoms with Gasteiger partial charge in [-0.2, -0.15) is 0 Å². The third-order valence-corrected chi connectivity index (χ3v) is 2.23.